The van der Waals surface area contributed by atoms with Gasteiger partial charge in [0.25, 0.3) is 0 Å². The van der Waals surface area contributed by atoms with Crippen LogP contribution in [0.1, 0.15) is 35.6 Å². The Morgan fingerprint density at radius 2 is 1.89 bits per heavy atom. The van der Waals surface area contributed by atoms with Crippen LogP contribution in [0.25, 0.3) is 0 Å². The summed E-state index contributed by atoms with van der Waals surface area (Å²) in [6, 6.07) is 12.9. The Balaban J connectivity index is 2.19. The van der Waals surface area contributed by atoms with E-state index >= 15 is 0 Å². The van der Waals surface area contributed by atoms with Crippen LogP contribution < -0.4 is 5.32 Å². The molecule has 0 bridgehead atoms. The molecule has 1 unspecified atom stereocenters. The first-order valence-electron chi connectivity index (χ1n) is 6.55. The summed E-state index contributed by atoms with van der Waals surface area (Å²) in [4.78, 5) is 0. The van der Waals surface area contributed by atoms with Gasteiger partial charge in [-0.2, -0.15) is 0 Å². The van der Waals surface area contributed by atoms with Crippen LogP contribution in [0.5, 0.6) is 0 Å². The molecular formula is C16H21NO. The van der Waals surface area contributed by atoms with Crippen LogP contribution in [0.15, 0.2) is 40.8 Å². The van der Waals surface area contributed by atoms with E-state index in [9.17, 15) is 0 Å². The Bertz CT molecular complexity index is 501. The lowest BCUT2D eigenvalue weighted by Gasteiger charge is -2.17. The summed E-state index contributed by atoms with van der Waals surface area (Å²) in [5.74, 6) is 2.00. The maximum absolute atomic E-state index is 5.75. The predicted octanol–water partition coefficient (Wildman–Crippen LogP) is 3.79. The third kappa shape index (κ3) is 3.02. The fourth-order valence-corrected chi connectivity index (χ4v) is 2.22. The molecule has 2 aromatic rings. The number of hydrogen-bond donors (Lipinski definition) is 1. The van der Waals surface area contributed by atoms with E-state index in [1.165, 1.54) is 11.1 Å². The van der Waals surface area contributed by atoms with Gasteiger partial charge in [0, 0.05) is 0 Å². The molecule has 0 aliphatic carbocycles. The average molecular weight is 243 g/mol. The number of rotatable bonds is 5. The van der Waals surface area contributed by atoms with Gasteiger partial charge in [0.2, 0.25) is 0 Å². The van der Waals surface area contributed by atoms with Gasteiger partial charge in [-0.15, -0.1) is 0 Å². The minimum Gasteiger partial charge on any atom is -0.465 e. The molecule has 0 fully saturated rings. The molecule has 0 amide bonds. The highest BCUT2D eigenvalue weighted by atomic mass is 16.3. The van der Waals surface area contributed by atoms with E-state index < -0.39 is 0 Å². The Kier molecular flexibility index (Phi) is 4.21. The molecule has 0 radical (unpaired) electrons. The Hall–Kier alpha value is -1.54. The highest BCUT2D eigenvalue weighted by Crippen LogP contribution is 2.22. The van der Waals surface area contributed by atoms with Crippen molar-refractivity contribution < 1.29 is 4.42 Å². The van der Waals surface area contributed by atoms with E-state index in [0.717, 1.165) is 24.5 Å². The standard InChI is InChI=1S/C16H21NO/c1-4-17-15(16-10-9-13(3)18-16)11-14-8-6-5-7-12(14)2/h5-10,15,17H,4,11H2,1-3H3. The van der Waals surface area contributed by atoms with E-state index in [4.69, 9.17) is 4.42 Å². The first kappa shape index (κ1) is 12.9. The van der Waals surface area contributed by atoms with Gasteiger partial charge in [-0.3, -0.25) is 0 Å². The lowest BCUT2D eigenvalue weighted by Crippen LogP contribution is -2.22. The van der Waals surface area contributed by atoms with Crippen molar-refractivity contribution in [3.05, 3.63) is 59.0 Å². The summed E-state index contributed by atoms with van der Waals surface area (Å²) in [5, 5.41) is 3.49. The van der Waals surface area contributed by atoms with Crippen molar-refractivity contribution in [1.82, 2.24) is 5.32 Å². The molecule has 1 N–H and O–H groups in total. The molecule has 1 heterocycles. The van der Waals surface area contributed by atoms with Crippen molar-refractivity contribution in [2.45, 2.75) is 33.2 Å². The predicted molar refractivity (Wildman–Crippen MR) is 74.7 cm³/mol. The fraction of sp³-hybridized carbons (Fsp3) is 0.375. The highest BCUT2D eigenvalue weighted by molar-refractivity contribution is 5.27. The molecule has 1 aromatic carbocycles. The Labute approximate surface area is 109 Å². The normalized spacial score (nSPS) is 12.6. The second kappa shape index (κ2) is 5.87. The van der Waals surface area contributed by atoms with E-state index in [1.54, 1.807) is 0 Å². The molecule has 1 aromatic heterocycles. The minimum atomic E-state index is 0.254. The molecule has 0 saturated heterocycles. The van der Waals surface area contributed by atoms with Crippen LogP contribution in [0, 0.1) is 13.8 Å². The summed E-state index contributed by atoms with van der Waals surface area (Å²) >= 11 is 0. The molecule has 2 heteroatoms. The van der Waals surface area contributed by atoms with E-state index in [0.29, 0.717) is 0 Å². The first-order valence-corrected chi connectivity index (χ1v) is 6.55. The van der Waals surface area contributed by atoms with Gasteiger partial charge in [-0.25, -0.2) is 0 Å². The zero-order valence-electron chi connectivity index (χ0n) is 11.4. The second-order valence-electron chi connectivity index (χ2n) is 4.69. The maximum atomic E-state index is 5.75. The Morgan fingerprint density at radius 3 is 2.50 bits per heavy atom. The van der Waals surface area contributed by atoms with Gasteiger partial charge in [-0.1, -0.05) is 31.2 Å². The number of hydrogen-bond acceptors (Lipinski definition) is 2. The van der Waals surface area contributed by atoms with Crippen molar-refractivity contribution in [2.75, 3.05) is 6.54 Å². The average Bonchev–Trinajstić information content (AvgIpc) is 2.78. The second-order valence-corrected chi connectivity index (χ2v) is 4.69. The highest BCUT2D eigenvalue weighted by Gasteiger charge is 2.15. The molecule has 1 atom stereocenters. The minimum absolute atomic E-state index is 0.254. The topological polar surface area (TPSA) is 25.2 Å². The van der Waals surface area contributed by atoms with Gasteiger partial charge >= 0.3 is 0 Å². The van der Waals surface area contributed by atoms with Crippen LogP contribution >= 0.6 is 0 Å². The van der Waals surface area contributed by atoms with Gasteiger partial charge in [0.05, 0.1) is 6.04 Å². The molecule has 0 saturated carbocycles. The van der Waals surface area contributed by atoms with Crippen LogP contribution in [0.4, 0.5) is 0 Å². The number of likely N-dealkylation sites (N-methyl/N-ethyl adjacent to an activating group) is 1. The third-order valence-electron chi connectivity index (χ3n) is 3.24. The van der Waals surface area contributed by atoms with Crippen molar-refractivity contribution in [3.8, 4) is 0 Å². The van der Waals surface area contributed by atoms with Crippen molar-refractivity contribution in [2.24, 2.45) is 0 Å². The van der Waals surface area contributed by atoms with Gasteiger partial charge in [0.1, 0.15) is 11.5 Å². The summed E-state index contributed by atoms with van der Waals surface area (Å²) in [7, 11) is 0. The SMILES string of the molecule is CCNC(Cc1ccccc1C)c1ccc(C)o1. The van der Waals surface area contributed by atoms with Gasteiger partial charge < -0.3 is 9.73 Å². The number of nitrogens with one attached hydrogen (secondary N) is 1. The summed E-state index contributed by atoms with van der Waals surface area (Å²) in [5.41, 5.74) is 2.71. The zero-order valence-corrected chi connectivity index (χ0v) is 11.4. The van der Waals surface area contributed by atoms with E-state index in [2.05, 4.69) is 49.5 Å². The summed E-state index contributed by atoms with van der Waals surface area (Å²) in [6.45, 7) is 7.21. The lowest BCUT2D eigenvalue weighted by molar-refractivity contribution is 0.403. The molecule has 2 rings (SSSR count). The lowest BCUT2D eigenvalue weighted by atomic mass is 10.00. The quantitative estimate of drug-likeness (QED) is 0.864. The largest absolute Gasteiger partial charge is 0.465 e. The molecular weight excluding hydrogens is 222 g/mol. The first-order chi connectivity index (χ1) is 8.70. The zero-order chi connectivity index (χ0) is 13.0. The third-order valence-corrected chi connectivity index (χ3v) is 3.24. The molecule has 18 heavy (non-hydrogen) atoms. The van der Waals surface area contributed by atoms with Crippen molar-refractivity contribution in [1.29, 1.82) is 0 Å². The smallest absolute Gasteiger partial charge is 0.121 e. The summed E-state index contributed by atoms with van der Waals surface area (Å²) < 4.78 is 5.75. The molecule has 2 nitrogen and oxygen atoms in total. The Morgan fingerprint density at radius 1 is 1.11 bits per heavy atom. The van der Waals surface area contributed by atoms with E-state index in [-0.39, 0.29) is 6.04 Å². The molecule has 0 aliphatic heterocycles. The van der Waals surface area contributed by atoms with Gasteiger partial charge in [0.15, 0.2) is 0 Å². The molecule has 0 spiro atoms. The maximum Gasteiger partial charge on any atom is 0.121 e. The molecule has 96 valence electrons. The van der Waals surface area contributed by atoms with Gasteiger partial charge in [-0.05, 0) is 50.1 Å². The number of aryl methyl sites for hydroxylation is 2. The number of furan rings is 1. The number of benzene rings is 1. The fourth-order valence-electron chi connectivity index (χ4n) is 2.22. The van der Waals surface area contributed by atoms with Crippen molar-refractivity contribution >= 4 is 0 Å². The van der Waals surface area contributed by atoms with Crippen molar-refractivity contribution in [3.63, 3.8) is 0 Å². The monoisotopic (exact) mass is 243 g/mol. The van der Waals surface area contributed by atoms with Crippen LogP contribution in [0.3, 0.4) is 0 Å². The molecule has 0 aliphatic rings. The van der Waals surface area contributed by atoms with Crippen LogP contribution in [-0.4, -0.2) is 6.54 Å². The van der Waals surface area contributed by atoms with Crippen LogP contribution in [-0.2, 0) is 6.42 Å². The van der Waals surface area contributed by atoms with E-state index in [1.807, 2.05) is 13.0 Å². The summed E-state index contributed by atoms with van der Waals surface area (Å²) in [6.07, 6.45) is 0.966. The van der Waals surface area contributed by atoms with Crippen LogP contribution in [0.2, 0.25) is 0 Å².